The Kier molecular flexibility index (Phi) is 5.06. The molecular weight excluding hydrogens is 324 g/mol. The molecule has 0 aliphatic heterocycles. The van der Waals surface area contributed by atoms with Crippen LogP contribution >= 0.6 is 22.9 Å². The SMILES string of the molecule is O=C(/C=C/c1ccc(Cc2ccccc2)s1)c1ccc(Cl)cc1. The molecule has 1 heterocycles. The highest BCUT2D eigenvalue weighted by Gasteiger charge is 2.03. The van der Waals surface area contributed by atoms with Crippen LogP contribution in [0.25, 0.3) is 6.08 Å². The van der Waals surface area contributed by atoms with Crippen LogP contribution < -0.4 is 0 Å². The molecule has 114 valence electrons. The Morgan fingerprint density at radius 3 is 2.43 bits per heavy atom. The van der Waals surface area contributed by atoms with Crippen molar-refractivity contribution in [2.45, 2.75) is 6.42 Å². The number of thiophene rings is 1. The summed E-state index contributed by atoms with van der Waals surface area (Å²) in [6.45, 7) is 0. The third-order valence-electron chi connectivity index (χ3n) is 3.43. The van der Waals surface area contributed by atoms with Crippen LogP contribution in [0.5, 0.6) is 0 Å². The van der Waals surface area contributed by atoms with E-state index in [9.17, 15) is 4.79 Å². The fourth-order valence-corrected chi connectivity index (χ4v) is 3.32. The predicted octanol–water partition coefficient (Wildman–Crippen LogP) is 5.89. The molecule has 0 aliphatic carbocycles. The molecule has 2 aromatic carbocycles. The van der Waals surface area contributed by atoms with Gasteiger partial charge in [-0.3, -0.25) is 4.79 Å². The van der Waals surface area contributed by atoms with E-state index in [1.54, 1.807) is 41.7 Å². The Morgan fingerprint density at radius 2 is 1.70 bits per heavy atom. The quantitative estimate of drug-likeness (QED) is 0.419. The number of rotatable bonds is 5. The molecule has 1 aromatic heterocycles. The van der Waals surface area contributed by atoms with Crippen molar-refractivity contribution < 1.29 is 4.79 Å². The van der Waals surface area contributed by atoms with Crippen LogP contribution in [0.15, 0.2) is 72.8 Å². The zero-order chi connectivity index (χ0) is 16.1. The molecule has 0 spiro atoms. The monoisotopic (exact) mass is 338 g/mol. The van der Waals surface area contributed by atoms with E-state index < -0.39 is 0 Å². The Bertz CT molecular complexity index is 816. The summed E-state index contributed by atoms with van der Waals surface area (Å²) in [6.07, 6.45) is 4.40. The van der Waals surface area contributed by atoms with Crippen LogP contribution in [0.2, 0.25) is 5.02 Å². The number of carbonyl (C=O) groups excluding carboxylic acids is 1. The predicted molar refractivity (Wildman–Crippen MR) is 98.4 cm³/mol. The maximum Gasteiger partial charge on any atom is 0.185 e. The van der Waals surface area contributed by atoms with Crippen molar-refractivity contribution in [3.63, 3.8) is 0 Å². The smallest absolute Gasteiger partial charge is 0.185 e. The molecule has 3 rings (SSSR count). The Balaban J connectivity index is 1.66. The molecule has 0 unspecified atom stereocenters. The third-order valence-corrected chi connectivity index (χ3v) is 4.73. The first-order chi connectivity index (χ1) is 11.2. The number of hydrogen-bond acceptors (Lipinski definition) is 2. The van der Waals surface area contributed by atoms with Gasteiger partial charge >= 0.3 is 0 Å². The maximum atomic E-state index is 12.1. The van der Waals surface area contributed by atoms with Gasteiger partial charge in [0.1, 0.15) is 0 Å². The fourth-order valence-electron chi connectivity index (χ4n) is 2.24. The first-order valence-electron chi connectivity index (χ1n) is 7.31. The molecule has 1 nitrogen and oxygen atoms in total. The summed E-state index contributed by atoms with van der Waals surface area (Å²) in [7, 11) is 0. The molecule has 0 amide bonds. The lowest BCUT2D eigenvalue weighted by atomic mass is 10.1. The van der Waals surface area contributed by atoms with Crippen LogP contribution in [0.4, 0.5) is 0 Å². The minimum atomic E-state index is -0.0142. The highest BCUT2D eigenvalue weighted by Crippen LogP contribution is 2.21. The van der Waals surface area contributed by atoms with Crippen molar-refractivity contribution in [3.8, 4) is 0 Å². The van der Waals surface area contributed by atoms with Gasteiger partial charge in [-0.25, -0.2) is 0 Å². The van der Waals surface area contributed by atoms with Crippen molar-refractivity contribution in [1.82, 2.24) is 0 Å². The van der Waals surface area contributed by atoms with Gasteiger partial charge in [-0.2, -0.15) is 0 Å². The van der Waals surface area contributed by atoms with Crippen LogP contribution in [0.1, 0.15) is 25.7 Å². The Morgan fingerprint density at radius 1 is 0.957 bits per heavy atom. The summed E-state index contributed by atoms with van der Waals surface area (Å²) in [6, 6.07) is 21.5. The lowest BCUT2D eigenvalue weighted by Gasteiger charge is -1.97. The van der Waals surface area contributed by atoms with Gasteiger partial charge in [0.15, 0.2) is 5.78 Å². The molecule has 0 fully saturated rings. The summed E-state index contributed by atoms with van der Waals surface area (Å²) < 4.78 is 0. The van der Waals surface area contributed by atoms with E-state index in [-0.39, 0.29) is 5.78 Å². The molecule has 0 N–H and O–H groups in total. The fraction of sp³-hybridized carbons (Fsp3) is 0.0500. The zero-order valence-corrected chi connectivity index (χ0v) is 14.0. The van der Waals surface area contributed by atoms with E-state index in [1.165, 1.54) is 10.4 Å². The van der Waals surface area contributed by atoms with Crippen LogP contribution in [-0.4, -0.2) is 5.78 Å². The van der Waals surface area contributed by atoms with Gasteiger partial charge in [0.05, 0.1) is 0 Å². The minimum Gasteiger partial charge on any atom is -0.289 e. The summed E-state index contributed by atoms with van der Waals surface area (Å²) in [4.78, 5) is 14.5. The van der Waals surface area contributed by atoms with Gasteiger partial charge in [-0.1, -0.05) is 41.9 Å². The lowest BCUT2D eigenvalue weighted by Crippen LogP contribution is -1.92. The second-order valence-electron chi connectivity index (χ2n) is 5.17. The zero-order valence-electron chi connectivity index (χ0n) is 12.4. The van der Waals surface area contributed by atoms with Crippen LogP contribution in [0.3, 0.4) is 0 Å². The number of benzene rings is 2. The van der Waals surface area contributed by atoms with Crippen LogP contribution in [0, 0.1) is 0 Å². The minimum absolute atomic E-state index is 0.0142. The summed E-state index contributed by atoms with van der Waals surface area (Å²) in [5, 5.41) is 0.634. The Hall–Kier alpha value is -2.16. The highest BCUT2D eigenvalue weighted by molar-refractivity contribution is 7.12. The second kappa shape index (κ2) is 7.40. The van der Waals surface area contributed by atoms with Gasteiger partial charge in [-0.05, 0) is 54.1 Å². The average molecular weight is 339 g/mol. The molecule has 0 atom stereocenters. The lowest BCUT2D eigenvalue weighted by molar-refractivity contribution is 0.104. The number of allylic oxidation sites excluding steroid dienone is 1. The van der Waals surface area contributed by atoms with Crippen molar-refractivity contribution >= 4 is 34.8 Å². The van der Waals surface area contributed by atoms with Crippen molar-refractivity contribution in [3.05, 3.63) is 98.7 Å². The van der Waals surface area contributed by atoms with Crippen molar-refractivity contribution in [1.29, 1.82) is 0 Å². The second-order valence-corrected chi connectivity index (χ2v) is 6.81. The van der Waals surface area contributed by atoms with E-state index >= 15 is 0 Å². The van der Waals surface area contributed by atoms with Gasteiger partial charge in [-0.15, -0.1) is 11.3 Å². The molecule has 23 heavy (non-hydrogen) atoms. The van der Waals surface area contributed by atoms with E-state index in [1.807, 2.05) is 12.1 Å². The first-order valence-corrected chi connectivity index (χ1v) is 8.51. The van der Waals surface area contributed by atoms with Gasteiger partial charge in [0.2, 0.25) is 0 Å². The van der Waals surface area contributed by atoms with E-state index in [2.05, 4.69) is 36.4 Å². The summed E-state index contributed by atoms with van der Waals surface area (Å²) in [5.41, 5.74) is 1.94. The molecule has 0 saturated carbocycles. The number of hydrogen-bond donors (Lipinski definition) is 0. The number of ketones is 1. The molecular formula is C20H15ClOS. The standard InChI is InChI=1S/C20H15ClOS/c21-17-8-6-16(7-9-17)20(22)13-12-18-10-11-19(23-18)14-15-4-2-1-3-5-15/h1-13H,14H2/b13-12+. The molecule has 0 aliphatic rings. The van der Waals surface area contributed by atoms with Gasteiger partial charge < -0.3 is 0 Å². The number of carbonyl (C=O) groups is 1. The normalized spacial score (nSPS) is 11.0. The average Bonchev–Trinajstić information content (AvgIpc) is 3.02. The van der Waals surface area contributed by atoms with Crippen LogP contribution in [-0.2, 0) is 6.42 Å². The maximum absolute atomic E-state index is 12.1. The largest absolute Gasteiger partial charge is 0.289 e. The molecule has 0 bridgehead atoms. The molecule has 0 radical (unpaired) electrons. The van der Waals surface area contributed by atoms with E-state index in [0.717, 1.165) is 11.3 Å². The third kappa shape index (κ3) is 4.41. The molecule has 3 heteroatoms. The first kappa shape index (κ1) is 15.7. The highest BCUT2D eigenvalue weighted by atomic mass is 35.5. The number of halogens is 1. The van der Waals surface area contributed by atoms with Gasteiger partial charge in [0.25, 0.3) is 0 Å². The molecule has 3 aromatic rings. The van der Waals surface area contributed by atoms with E-state index in [4.69, 9.17) is 11.6 Å². The topological polar surface area (TPSA) is 17.1 Å². The Labute approximate surface area is 144 Å². The van der Waals surface area contributed by atoms with E-state index in [0.29, 0.717) is 10.6 Å². The van der Waals surface area contributed by atoms with Gasteiger partial charge in [0, 0.05) is 26.8 Å². The summed E-state index contributed by atoms with van der Waals surface area (Å²) >= 11 is 7.54. The summed E-state index contributed by atoms with van der Waals surface area (Å²) in [5.74, 6) is -0.0142. The van der Waals surface area contributed by atoms with Crippen molar-refractivity contribution in [2.75, 3.05) is 0 Å². The van der Waals surface area contributed by atoms with Crippen molar-refractivity contribution in [2.24, 2.45) is 0 Å². The molecule has 0 saturated heterocycles.